The molecule has 0 rings (SSSR count). The third kappa shape index (κ3) is 2.08. The summed E-state index contributed by atoms with van der Waals surface area (Å²) in [5, 5.41) is -0.315. The van der Waals surface area contributed by atoms with Crippen molar-refractivity contribution in [1.82, 2.24) is 0 Å². The first kappa shape index (κ1) is 5.82. The zero-order chi connectivity index (χ0) is 5.15. The highest BCUT2D eigenvalue weighted by Crippen LogP contribution is 1.86. The molecule has 0 aliphatic carbocycles. The van der Waals surface area contributed by atoms with Crippen LogP contribution in [0.3, 0.4) is 0 Å². The second-order valence-electron chi connectivity index (χ2n) is 1.08. The summed E-state index contributed by atoms with van der Waals surface area (Å²) < 4.78 is 0. The van der Waals surface area contributed by atoms with Gasteiger partial charge in [0.15, 0.2) is 0 Å². The van der Waals surface area contributed by atoms with Crippen LogP contribution in [0.5, 0.6) is 0 Å². The number of nitrogens with two attached hydrogens (primary N) is 1. The molecule has 3 heteroatoms. The summed E-state index contributed by atoms with van der Waals surface area (Å²) in [5.41, 5.74) is 4.72. The van der Waals surface area contributed by atoms with Gasteiger partial charge in [0.05, 0.1) is 5.25 Å². The van der Waals surface area contributed by atoms with Gasteiger partial charge in [-0.1, -0.05) is 0 Å². The van der Waals surface area contributed by atoms with E-state index in [9.17, 15) is 4.79 Å². The molecule has 1 amide bonds. The molecule has 36 valence electrons. The van der Waals surface area contributed by atoms with Crippen LogP contribution < -0.4 is 5.73 Å². The number of amides is 1. The van der Waals surface area contributed by atoms with Crippen molar-refractivity contribution in [2.24, 2.45) is 5.73 Å². The number of carbonyl (C=O) groups is 1. The smallest absolute Gasteiger partial charge is 0.229 e. The molecular weight excluding hydrogens is 98.1 g/mol. The number of thiol groups is 1. The molecule has 0 unspecified atom stereocenters. The van der Waals surface area contributed by atoms with Gasteiger partial charge in [0.2, 0.25) is 5.91 Å². The van der Waals surface area contributed by atoms with Crippen molar-refractivity contribution in [3.8, 4) is 0 Å². The molecule has 0 fully saturated rings. The fourth-order valence-corrected chi connectivity index (χ4v) is 0. The van der Waals surface area contributed by atoms with Crippen molar-refractivity contribution in [3.05, 3.63) is 0 Å². The van der Waals surface area contributed by atoms with Gasteiger partial charge in [0, 0.05) is 0 Å². The fraction of sp³-hybridized carbons (Fsp3) is 0.667. The highest BCUT2D eigenvalue weighted by Gasteiger charge is 1.97. The van der Waals surface area contributed by atoms with Crippen LogP contribution in [-0.4, -0.2) is 11.2 Å². The van der Waals surface area contributed by atoms with Gasteiger partial charge in [-0.15, -0.1) is 0 Å². The predicted molar refractivity (Wildman–Crippen MR) is 27.6 cm³/mol. The first-order valence-electron chi connectivity index (χ1n) is 1.62. The molecular formula is C3H7NOS. The van der Waals surface area contributed by atoms with Gasteiger partial charge < -0.3 is 5.73 Å². The van der Waals surface area contributed by atoms with Crippen LogP contribution in [0.15, 0.2) is 0 Å². The summed E-state index contributed by atoms with van der Waals surface area (Å²) >= 11 is 3.72. The van der Waals surface area contributed by atoms with Crippen LogP contribution >= 0.6 is 12.6 Å². The summed E-state index contributed by atoms with van der Waals surface area (Å²) in [5.74, 6) is -0.377. The van der Waals surface area contributed by atoms with Crippen molar-refractivity contribution in [3.63, 3.8) is 0 Å². The molecule has 0 saturated carbocycles. The zero-order valence-corrected chi connectivity index (χ0v) is 4.40. The van der Waals surface area contributed by atoms with Crippen LogP contribution in [0.4, 0.5) is 0 Å². The van der Waals surface area contributed by atoms with Crippen molar-refractivity contribution >= 4 is 18.5 Å². The number of hydrogen-bond donors (Lipinski definition) is 2. The van der Waals surface area contributed by atoms with Crippen molar-refractivity contribution < 1.29 is 4.79 Å². The lowest BCUT2D eigenvalue weighted by Crippen LogP contribution is -2.20. The van der Waals surface area contributed by atoms with Crippen LogP contribution in [0.2, 0.25) is 0 Å². The second-order valence-corrected chi connectivity index (χ2v) is 1.85. The quantitative estimate of drug-likeness (QED) is 0.445. The van der Waals surface area contributed by atoms with E-state index in [4.69, 9.17) is 5.73 Å². The molecule has 0 aliphatic heterocycles. The van der Waals surface area contributed by atoms with E-state index in [1.54, 1.807) is 6.92 Å². The van der Waals surface area contributed by atoms with Crippen LogP contribution in [0, 0.1) is 0 Å². The molecule has 6 heavy (non-hydrogen) atoms. The first-order valence-corrected chi connectivity index (χ1v) is 2.13. The summed E-state index contributed by atoms with van der Waals surface area (Å²) in [6.45, 7) is 1.63. The Morgan fingerprint density at radius 2 is 2.17 bits per heavy atom. The minimum absolute atomic E-state index is 0.315. The molecule has 0 aromatic carbocycles. The Kier molecular flexibility index (Phi) is 2.01. The minimum atomic E-state index is -0.377. The normalized spacial score (nSPS) is 13.7. The van der Waals surface area contributed by atoms with Crippen LogP contribution in [-0.2, 0) is 4.79 Å². The Morgan fingerprint density at radius 3 is 2.17 bits per heavy atom. The van der Waals surface area contributed by atoms with Gasteiger partial charge in [-0.3, -0.25) is 4.79 Å². The highest BCUT2D eigenvalue weighted by molar-refractivity contribution is 7.81. The lowest BCUT2D eigenvalue weighted by Gasteiger charge is -1.90. The Hall–Kier alpha value is -0.180. The van der Waals surface area contributed by atoms with Gasteiger partial charge >= 0.3 is 0 Å². The monoisotopic (exact) mass is 105 g/mol. The highest BCUT2D eigenvalue weighted by atomic mass is 32.1. The molecule has 1 atom stereocenters. The Labute approximate surface area is 42.1 Å². The van der Waals surface area contributed by atoms with Gasteiger partial charge in [-0.25, -0.2) is 0 Å². The lowest BCUT2D eigenvalue weighted by molar-refractivity contribution is -0.117. The molecule has 0 aliphatic rings. The molecule has 0 heterocycles. The molecule has 0 radical (unpaired) electrons. The third-order valence-electron chi connectivity index (χ3n) is 0.412. The first-order chi connectivity index (χ1) is 2.64. The third-order valence-corrected chi connectivity index (χ3v) is 0.666. The molecule has 0 bridgehead atoms. The maximum atomic E-state index is 9.84. The fourth-order valence-electron chi connectivity index (χ4n) is 0. The SMILES string of the molecule is C[C@H](S)C(N)=O. The van der Waals surface area contributed by atoms with E-state index < -0.39 is 0 Å². The van der Waals surface area contributed by atoms with Crippen LogP contribution in [0.25, 0.3) is 0 Å². The van der Waals surface area contributed by atoms with Gasteiger partial charge in [0.25, 0.3) is 0 Å². The largest absolute Gasteiger partial charge is 0.369 e. The average molecular weight is 105 g/mol. The molecule has 0 saturated heterocycles. The van der Waals surface area contributed by atoms with Gasteiger partial charge in [0.1, 0.15) is 0 Å². The Morgan fingerprint density at radius 1 is 2.00 bits per heavy atom. The Bertz CT molecular complexity index is 61.8. The van der Waals surface area contributed by atoms with E-state index in [1.165, 1.54) is 0 Å². The maximum absolute atomic E-state index is 9.84. The second kappa shape index (κ2) is 2.08. The molecule has 0 spiro atoms. The number of primary amides is 1. The van der Waals surface area contributed by atoms with Gasteiger partial charge in [-0.05, 0) is 6.92 Å². The lowest BCUT2D eigenvalue weighted by atomic mass is 10.5. The zero-order valence-electron chi connectivity index (χ0n) is 3.51. The molecule has 2 nitrogen and oxygen atoms in total. The van der Waals surface area contributed by atoms with Crippen molar-refractivity contribution in [2.45, 2.75) is 12.2 Å². The molecule has 2 N–H and O–H groups in total. The van der Waals surface area contributed by atoms with E-state index in [0.717, 1.165) is 0 Å². The molecule has 0 aromatic rings. The van der Waals surface area contributed by atoms with E-state index >= 15 is 0 Å². The number of hydrogen-bond acceptors (Lipinski definition) is 2. The summed E-state index contributed by atoms with van der Waals surface area (Å²) in [7, 11) is 0. The average Bonchev–Trinajstić information content (AvgIpc) is 1.36. The van der Waals surface area contributed by atoms with Crippen molar-refractivity contribution in [1.29, 1.82) is 0 Å². The van der Waals surface area contributed by atoms with E-state index in [2.05, 4.69) is 12.6 Å². The standard InChI is InChI=1S/C3H7NOS/c1-2(6)3(4)5/h2,6H,1H3,(H2,4,5)/t2-/m0/s1. The Balaban J connectivity index is 3.26. The number of carbonyl (C=O) groups excluding carboxylic acids is 1. The predicted octanol–water partition coefficient (Wildman–Crippen LogP) is -0.210. The topological polar surface area (TPSA) is 43.1 Å². The number of rotatable bonds is 1. The van der Waals surface area contributed by atoms with E-state index in [-0.39, 0.29) is 11.2 Å². The summed E-state index contributed by atoms with van der Waals surface area (Å²) in [6, 6.07) is 0. The van der Waals surface area contributed by atoms with E-state index in [1.807, 2.05) is 0 Å². The summed E-state index contributed by atoms with van der Waals surface area (Å²) in [6.07, 6.45) is 0. The van der Waals surface area contributed by atoms with Crippen molar-refractivity contribution in [2.75, 3.05) is 0 Å². The van der Waals surface area contributed by atoms with Gasteiger partial charge in [-0.2, -0.15) is 12.6 Å². The summed E-state index contributed by atoms with van der Waals surface area (Å²) in [4.78, 5) is 9.84. The molecule has 0 aromatic heterocycles. The maximum Gasteiger partial charge on any atom is 0.229 e. The minimum Gasteiger partial charge on any atom is -0.369 e. The van der Waals surface area contributed by atoms with E-state index in [0.29, 0.717) is 0 Å². The van der Waals surface area contributed by atoms with Crippen LogP contribution in [0.1, 0.15) is 6.92 Å².